The maximum Gasteiger partial charge on any atom is 0.0647 e. The average molecular weight is 142 g/mol. The van der Waals surface area contributed by atoms with Crippen molar-refractivity contribution < 1.29 is 5.11 Å². The van der Waals surface area contributed by atoms with Crippen molar-refractivity contribution in [2.75, 3.05) is 0 Å². The van der Waals surface area contributed by atoms with Crippen molar-refractivity contribution in [1.29, 1.82) is 0 Å². The highest BCUT2D eigenvalue weighted by molar-refractivity contribution is 4.97. The van der Waals surface area contributed by atoms with E-state index in [1.807, 2.05) is 13.8 Å². The van der Waals surface area contributed by atoms with E-state index in [1.165, 1.54) is 19.3 Å². The summed E-state index contributed by atoms with van der Waals surface area (Å²) >= 11 is 0. The molecule has 10 heavy (non-hydrogen) atoms. The van der Waals surface area contributed by atoms with Gasteiger partial charge in [0.15, 0.2) is 0 Å². The van der Waals surface area contributed by atoms with Gasteiger partial charge < -0.3 is 5.11 Å². The van der Waals surface area contributed by atoms with E-state index in [4.69, 9.17) is 0 Å². The van der Waals surface area contributed by atoms with Gasteiger partial charge in [0.25, 0.3) is 0 Å². The van der Waals surface area contributed by atoms with Crippen LogP contribution in [0.4, 0.5) is 0 Å². The number of hydrogen-bond donors (Lipinski definition) is 1. The quantitative estimate of drug-likeness (QED) is 0.627. The standard InChI is InChI=1S/C9H18O/c1-4-9(6-5-7-9)8(2,3)10/h10H,4-7H2,1-3H3. The maximum absolute atomic E-state index is 9.79. The van der Waals surface area contributed by atoms with Gasteiger partial charge in [0, 0.05) is 0 Å². The first-order valence-electron chi connectivity index (χ1n) is 4.24. The van der Waals surface area contributed by atoms with Crippen molar-refractivity contribution in [3.63, 3.8) is 0 Å². The monoisotopic (exact) mass is 142 g/mol. The van der Waals surface area contributed by atoms with E-state index in [2.05, 4.69) is 6.92 Å². The molecule has 1 aliphatic carbocycles. The molecule has 1 N–H and O–H groups in total. The topological polar surface area (TPSA) is 20.2 Å². The van der Waals surface area contributed by atoms with Gasteiger partial charge in [-0.15, -0.1) is 0 Å². The Morgan fingerprint density at radius 3 is 1.90 bits per heavy atom. The second-order valence-electron chi connectivity index (χ2n) is 4.05. The Morgan fingerprint density at radius 2 is 1.90 bits per heavy atom. The Kier molecular flexibility index (Phi) is 1.80. The lowest BCUT2D eigenvalue weighted by Gasteiger charge is -2.50. The summed E-state index contributed by atoms with van der Waals surface area (Å²) in [6.07, 6.45) is 4.86. The van der Waals surface area contributed by atoms with Crippen molar-refractivity contribution in [2.24, 2.45) is 5.41 Å². The predicted octanol–water partition coefficient (Wildman–Crippen LogP) is 2.34. The van der Waals surface area contributed by atoms with Crippen LogP contribution in [0.15, 0.2) is 0 Å². The van der Waals surface area contributed by atoms with E-state index in [0.717, 1.165) is 6.42 Å². The highest BCUT2D eigenvalue weighted by atomic mass is 16.3. The molecule has 0 saturated heterocycles. The fourth-order valence-corrected chi connectivity index (χ4v) is 2.00. The Morgan fingerprint density at radius 1 is 1.40 bits per heavy atom. The first kappa shape index (κ1) is 8.06. The molecule has 0 radical (unpaired) electrons. The largest absolute Gasteiger partial charge is 0.390 e. The van der Waals surface area contributed by atoms with E-state index in [1.54, 1.807) is 0 Å². The Balaban J connectivity index is 2.65. The van der Waals surface area contributed by atoms with E-state index in [-0.39, 0.29) is 5.41 Å². The number of hydrogen-bond acceptors (Lipinski definition) is 1. The van der Waals surface area contributed by atoms with Crippen molar-refractivity contribution in [3.8, 4) is 0 Å². The Hall–Kier alpha value is -0.0400. The first-order chi connectivity index (χ1) is 4.52. The molecule has 1 aliphatic rings. The van der Waals surface area contributed by atoms with Crippen LogP contribution in [-0.4, -0.2) is 10.7 Å². The second-order valence-corrected chi connectivity index (χ2v) is 4.05. The van der Waals surface area contributed by atoms with Gasteiger partial charge in [0.1, 0.15) is 0 Å². The highest BCUT2D eigenvalue weighted by Gasteiger charge is 2.46. The van der Waals surface area contributed by atoms with E-state index < -0.39 is 5.60 Å². The summed E-state index contributed by atoms with van der Waals surface area (Å²) < 4.78 is 0. The molecule has 0 aromatic heterocycles. The van der Waals surface area contributed by atoms with Crippen LogP contribution in [0.5, 0.6) is 0 Å². The molecule has 0 spiro atoms. The summed E-state index contributed by atoms with van der Waals surface area (Å²) in [4.78, 5) is 0. The summed E-state index contributed by atoms with van der Waals surface area (Å²) in [6.45, 7) is 6.06. The summed E-state index contributed by atoms with van der Waals surface area (Å²) in [6, 6.07) is 0. The van der Waals surface area contributed by atoms with Gasteiger partial charge in [-0.2, -0.15) is 0 Å². The molecule has 0 unspecified atom stereocenters. The predicted molar refractivity (Wildman–Crippen MR) is 42.9 cm³/mol. The SMILES string of the molecule is CCC1(C(C)(C)O)CCC1. The first-order valence-corrected chi connectivity index (χ1v) is 4.24. The smallest absolute Gasteiger partial charge is 0.0647 e. The second kappa shape index (κ2) is 2.23. The zero-order chi connectivity index (χ0) is 7.83. The van der Waals surface area contributed by atoms with Crippen molar-refractivity contribution in [3.05, 3.63) is 0 Å². The lowest BCUT2D eigenvalue weighted by Crippen LogP contribution is -2.47. The van der Waals surface area contributed by atoms with Crippen molar-refractivity contribution in [1.82, 2.24) is 0 Å². The molecule has 0 aliphatic heterocycles. The van der Waals surface area contributed by atoms with Gasteiger partial charge in [-0.3, -0.25) is 0 Å². The molecular formula is C9H18O. The summed E-state index contributed by atoms with van der Waals surface area (Å²) in [5.41, 5.74) is -0.201. The number of rotatable bonds is 2. The fourth-order valence-electron chi connectivity index (χ4n) is 2.00. The molecule has 1 nitrogen and oxygen atoms in total. The molecule has 1 saturated carbocycles. The molecule has 0 aromatic rings. The summed E-state index contributed by atoms with van der Waals surface area (Å²) in [5, 5.41) is 9.79. The van der Waals surface area contributed by atoms with Gasteiger partial charge in [-0.25, -0.2) is 0 Å². The lowest BCUT2D eigenvalue weighted by molar-refractivity contribution is -0.105. The molecule has 1 heteroatoms. The van der Waals surface area contributed by atoms with Gasteiger partial charge >= 0.3 is 0 Å². The number of aliphatic hydroxyl groups is 1. The van der Waals surface area contributed by atoms with E-state index >= 15 is 0 Å². The third-order valence-electron chi connectivity index (χ3n) is 3.29. The van der Waals surface area contributed by atoms with Crippen molar-refractivity contribution >= 4 is 0 Å². The molecule has 1 fully saturated rings. The zero-order valence-corrected chi connectivity index (χ0v) is 7.28. The Bertz CT molecular complexity index is 112. The minimum atomic E-state index is -0.458. The van der Waals surface area contributed by atoms with Gasteiger partial charge in [-0.1, -0.05) is 13.3 Å². The lowest BCUT2D eigenvalue weighted by atomic mass is 9.58. The molecule has 0 aromatic carbocycles. The van der Waals surface area contributed by atoms with Gasteiger partial charge in [0.05, 0.1) is 5.60 Å². The molecule has 60 valence electrons. The third-order valence-corrected chi connectivity index (χ3v) is 3.29. The molecule has 0 bridgehead atoms. The molecular weight excluding hydrogens is 124 g/mol. The van der Waals surface area contributed by atoms with Crippen LogP contribution in [0.25, 0.3) is 0 Å². The summed E-state index contributed by atoms with van der Waals surface area (Å²) in [7, 11) is 0. The average Bonchev–Trinajstić information content (AvgIpc) is 1.58. The Labute approximate surface area is 63.4 Å². The normalized spacial score (nSPS) is 24.0. The van der Waals surface area contributed by atoms with Crippen LogP contribution >= 0.6 is 0 Å². The van der Waals surface area contributed by atoms with Crippen LogP contribution in [0, 0.1) is 5.41 Å². The highest BCUT2D eigenvalue weighted by Crippen LogP contribution is 2.51. The molecule has 0 atom stereocenters. The third kappa shape index (κ3) is 0.968. The van der Waals surface area contributed by atoms with Crippen LogP contribution in [0.1, 0.15) is 46.5 Å². The van der Waals surface area contributed by atoms with Crippen LogP contribution in [0.3, 0.4) is 0 Å². The van der Waals surface area contributed by atoms with E-state index in [9.17, 15) is 5.11 Å². The molecule has 1 rings (SSSR count). The molecule has 0 heterocycles. The summed E-state index contributed by atoms with van der Waals surface area (Å²) in [5.74, 6) is 0. The minimum absolute atomic E-state index is 0.257. The van der Waals surface area contributed by atoms with Crippen molar-refractivity contribution in [2.45, 2.75) is 52.1 Å². The van der Waals surface area contributed by atoms with Crippen LogP contribution in [0.2, 0.25) is 0 Å². The van der Waals surface area contributed by atoms with Crippen LogP contribution in [-0.2, 0) is 0 Å². The maximum atomic E-state index is 9.79. The van der Waals surface area contributed by atoms with Crippen LogP contribution < -0.4 is 0 Å². The van der Waals surface area contributed by atoms with Gasteiger partial charge in [-0.05, 0) is 38.5 Å². The van der Waals surface area contributed by atoms with Gasteiger partial charge in [0.2, 0.25) is 0 Å². The van der Waals surface area contributed by atoms with E-state index in [0.29, 0.717) is 0 Å². The minimum Gasteiger partial charge on any atom is -0.390 e. The molecule has 0 amide bonds. The zero-order valence-electron chi connectivity index (χ0n) is 7.28. The fraction of sp³-hybridized carbons (Fsp3) is 1.00.